The van der Waals surface area contributed by atoms with Gasteiger partial charge in [0.25, 0.3) is 0 Å². The zero-order valence-corrected chi connectivity index (χ0v) is 9.00. The Morgan fingerprint density at radius 1 is 1.47 bits per heavy atom. The molecule has 15 heavy (non-hydrogen) atoms. The number of hydrogen-bond donors (Lipinski definition) is 1. The molecule has 0 saturated carbocycles. The van der Waals surface area contributed by atoms with Gasteiger partial charge in [0.2, 0.25) is 0 Å². The first-order chi connectivity index (χ1) is 7.09. The van der Waals surface area contributed by atoms with E-state index in [0.717, 1.165) is 6.20 Å². The monoisotopic (exact) mass is 240 g/mol. The van der Waals surface area contributed by atoms with Gasteiger partial charge in [-0.3, -0.25) is 10.1 Å². The lowest BCUT2D eigenvalue weighted by molar-refractivity contribution is -0.384. The van der Waals surface area contributed by atoms with Crippen molar-refractivity contribution in [2.75, 3.05) is 0 Å². The van der Waals surface area contributed by atoms with E-state index >= 15 is 0 Å². The minimum Gasteiger partial charge on any atom is -0.258 e. The third-order valence-electron chi connectivity index (χ3n) is 1.96. The summed E-state index contributed by atoms with van der Waals surface area (Å²) in [6, 6.07) is 5.12. The molecule has 0 amide bonds. The molecule has 6 heteroatoms. The van der Waals surface area contributed by atoms with E-state index in [9.17, 15) is 10.1 Å². The number of nitro groups is 1. The topological polar surface area (TPSA) is 56.0 Å². The van der Waals surface area contributed by atoms with Crippen molar-refractivity contribution < 1.29 is 4.92 Å². The first-order valence-electron chi connectivity index (χ1n) is 4.01. The average molecular weight is 241 g/mol. The fraction of sp³-hybridized carbons (Fsp3) is 0. The zero-order valence-electron chi connectivity index (χ0n) is 7.35. The predicted octanol–water partition coefficient (Wildman–Crippen LogP) is 3.09. The van der Waals surface area contributed by atoms with Crippen LogP contribution < -0.4 is 0 Å². The Kier molecular flexibility index (Phi) is 2.50. The molecule has 0 aliphatic rings. The van der Waals surface area contributed by atoms with Crippen LogP contribution in [0.2, 0.25) is 5.02 Å². The molecule has 0 aliphatic heterocycles. The van der Waals surface area contributed by atoms with Crippen LogP contribution in [0.3, 0.4) is 0 Å². The number of benzene rings is 1. The van der Waals surface area contributed by atoms with Gasteiger partial charge >= 0.3 is 5.69 Å². The maximum atomic E-state index is 10.6. The summed E-state index contributed by atoms with van der Waals surface area (Å²) in [6.07, 6.45) is 1.16. The summed E-state index contributed by atoms with van der Waals surface area (Å²) in [5, 5.41) is 11.3. The molecule has 0 N–H and O–H groups in total. The fourth-order valence-electron chi connectivity index (χ4n) is 1.27. The standard InChI is InChI=1S/C9H5ClN2O2S/c10-9-6-3-5(15)1-2-7(6)11-4-8(9)12(13)14/h1-4,15H. The molecule has 1 aromatic heterocycles. The summed E-state index contributed by atoms with van der Waals surface area (Å²) in [5.41, 5.74) is 0.423. The fourth-order valence-corrected chi connectivity index (χ4v) is 1.74. The highest BCUT2D eigenvalue weighted by atomic mass is 35.5. The highest BCUT2D eigenvalue weighted by molar-refractivity contribution is 7.80. The average Bonchev–Trinajstić information content (AvgIpc) is 2.19. The molecule has 0 fully saturated rings. The van der Waals surface area contributed by atoms with Crippen molar-refractivity contribution >= 4 is 40.8 Å². The molecule has 0 spiro atoms. The van der Waals surface area contributed by atoms with E-state index in [4.69, 9.17) is 11.6 Å². The first kappa shape index (κ1) is 10.2. The molecule has 76 valence electrons. The van der Waals surface area contributed by atoms with Crippen LogP contribution in [0.1, 0.15) is 0 Å². The lowest BCUT2D eigenvalue weighted by atomic mass is 10.2. The van der Waals surface area contributed by atoms with Crippen LogP contribution in [0.4, 0.5) is 5.69 Å². The maximum absolute atomic E-state index is 10.6. The Balaban J connectivity index is 2.82. The number of hydrogen-bond acceptors (Lipinski definition) is 4. The van der Waals surface area contributed by atoms with E-state index in [-0.39, 0.29) is 10.7 Å². The normalized spacial score (nSPS) is 10.5. The highest BCUT2D eigenvalue weighted by Crippen LogP contribution is 2.31. The molecular formula is C9H5ClN2O2S. The molecule has 1 heterocycles. The molecule has 2 rings (SSSR count). The number of pyridine rings is 1. The zero-order chi connectivity index (χ0) is 11.0. The highest BCUT2D eigenvalue weighted by Gasteiger charge is 2.15. The van der Waals surface area contributed by atoms with Crippen LogP contribution in [0.15, 0.2) is 29.3 Å². The van der Waals surface area contributed by atoms with Crippen molar-refractivity contribution in [1.29, 1.82) is 0 Å². The van der Waals surface area contributed by atoms with Crippen molar-refractivity contribution in [2.24, 2.45) is 0 Å². The van der Waals surface area contributed by atoms with E-state index in [1.807, 2.05) is 0 Å². The largest absolute Gasteiger partial charge is 0.306 e. The Hall–Kier alpha value is -1.33. The van der Waals surface area contributed by atoms with Gasteiger partial charge in [0, 0.05) is 10.3 Å². The van der Waals surface area contributed by atoms with Crippen LogP contribution in [0.5, 0.6) is 0 Å². The Labute approximate surface area is 95.4 Å². The second kappa shape index (κ2) is 3.67. The van der Waals surface area contributed by atoms with Gasteiger partial charge in [-0.15, -0.1) is 12.6 Å². The van der Waals surface area contributed by atoms with Gasteiger partial charge in [-0.1, -0.05) is 11.6 Å². The molecule has 0 radical (unpaired) electrons. The molecule has 4 nitrogen and oxygen atoms in total. The summed E-state index contributed by atoms with van der Waals surface area (Å²) in [5.74, 6) is 0. The smallest absolute Gasteiger partial charge is 0.258 e. The van der Waals surface area contributed by atoms with E-state index < -0.39 is 4.92 Å². The molecule has 0 atom stereocenters. The van der Waals surface area contributed by atoms with Gasteiger partial charge in [0.05, 0.1) is 10.4 Å². The summed E-state index contributed by atoms with van der Waals surface area (Å²) < 4.78 is 0. The number of thiol groups is 1. The Bertz CT molecular complexity index is 559. The summed E-state index contributed by atoms with van der Waals surface area (Å²) >= 11 is 10.0. The molecule has 0 saturated heterocycles. The second-order valence-corrected chi connectivity index (χ2v) is 3.81. The van der Waals surface area contributed by atoms with Gasteiger partial charge in [0.15, 0.2) is 0 Å². The molecule has 2 aromatic rings. The number of fused-ring (bicyclic) bond motifs is 1. The number of rotatable bonds is 1. The van der Waals surface area contributed by atoms with Gasteiger partial charge in [-0.25, -0.2) is 4.98 Å². The SMILES string of the molecule is O=[N+]([O-])c1cnc2ccc(S)cc2c1Cl. The summed E-state index contributed by atoms with van der Waals surface area (Å²) in [4.78, 5) is 14.7. The van der Waals surface area contributed by atoms with Gasteiger partial charge < -0.3 is 0 Å². The quantitative estimate of drug-likeness (QED) is 0.473. The van der Waals surface area contributed by atoms with Crippen LogP contribution in [0.25, 0.3) is 10.9 Å². The molecule has 0 bridgehead atoms. The van der Waals surface area contributed by atoms with E-state index in [1.54, 1.807) is 18.2 Å². The van der Waals surface area contributed by atoms with Crippen LogP contribution >= 0.6 is 24.2 Å². The Morgan fingerprint density at radius 2 is 2.20 bits per heavy atom. The molecule has 0 aliphatic carbocycles. The predicted molar refractivity (Wildman–Crippen MR) is 60.7 cm³/mol. The van der Waals surface area contributed by atoms with Gasteiger partial charge in [0.1, 0.15) is 11.2 Å². The second-order valence-electron chi connectivity index (χ2n) is 2.92. The van der Waals surface area contributed by atoms with Crippen molar-refractivity contribution in [3.05, 3.63) is 39.5 Å². The van der Waals surface area contributed by atoms with Crippen LogP contribution in [-0.2, 0) is 0 Å². The maximum Gasteiger partial charge on any atom is 0.306 e. The Morgan fingerprint density at radius 3 is 2.87 bits per heavy atom. The van der Waals surface area contributed by atoms with Crippen molar-refractivity contribution in [2.45, 2.75) is 4.90 Å². The molecule has 1 aromatic carbocycles. The summed E-state index contributed by atoms with van der Waals surface area (Å²) in [7, 11) is 0. The van der Waals surface area contributed by atoms with Crippen molar-refractivity contribution in [3.63, 3.8) is 0 Å². The minimum absolute atomic E-state index is 0.0981. The lowest BCUT2D eigenvalue weighted by Gasteiger charge is -2.01. The number of halogens is 1. The summed E-state index contributed by atoms with van der Waals surface area (Å²) in [6.45, 7) is 0. The van der Waals surface area contributed by atoms with Gasteiger partial charge in [-0.2, -0.15) is 0 Å². The third kappa shape index (κ3) is 1.75. The van der Waals surface area contributed by atoms with Crippen molar-refractivity contribution in [3.8, 4) is 0 Å². The van der Waals surface area contributed by atoms with Crippen molar-refractivity contribution in [1.82, 2.24) is 4.98 Å². The van der Waals surface area contributed by atoms with E-state index in [0.29, 0.717) is 15.8 Å². The molecule has 0 unspecified atom stereocenters. The third-order valence-corrected chi connectivity index (χ3v) is 2.64. The molecular weight excluding hydrogens is 236 g/mol. The van der Waals surface area contributed by atoms with Crippen LogP contribution in [-0.4, -0.2) is 9.91 Å². The first-order valence-corrected chi connectivity index (χ1v) is 4.84. The van der Waals surface area contributed by atoms with E-state index in [1.165, 1.54) is 0 Å². The lowest BCUT2D eigenvalue weighted by Crippen LogP contribution is -1.91. The van der Waals surface area contributed by atoms with Gasteiger partial charge in [-0.05, 0) is 18.2 Å². The minimum atomic E-state index is -0.556. The van der Waals surface area contributed by atoms with E-state index in [2.05, 4.69) is 17.6 Å². The number of nitrogens with zero attached hydrogens (tertiary/aromatic N) is 2. The van der Waals surface area contributed by atoms with Crippen LogP contribution in [0, 0.1) is 10.1 Å². The number of aromatic nitrogens is 1.